The third-order valence-electron chi connectivity index (χ3n) is 4.52. The highest BCUT2D eigenvalue weighted by Gasteiger charge is 2.48. The molecule has 3 aromatic rings. The standard InChI is InChI=1S/C21H14FNO4S/c22-13-9-7-12(8-10-13)19(25)17-18(16-6-3-11-28-16)23(21(27)20(17)26)14-4-1-2-5-15(14)24/h1-11,18,24-25H/b19-17-. The van der Waals surface area contributed by atoms with Crippen molar-refractivity contribution in [3.05, 3.63) is 87.9 Å². The zero-order chi connectivity index (χ0) is 19.8. The SMILES string of the molecule is O=C1C(=O)N(c2ccccc2O)C(c2cccs2)/C1=C(/O)c1ccc(F)cc1. The van der Waals surface area contributed by atoms with E-state index in [0.717, 1.165) is 12.1 Å². The maximum absolute atomic E-state index is 13.2. The van der Waals surface area contributed by atoms with Crippen molar-refractivity contribution in [3.63, 3.8) is 0 Å². The Kier molecular flexibility index (Phi) is 4.44. The number of nitrogens with zero attached hydrogens (tertiary/aromatic N) is 1. The number of aromatic hydroxyl groups is 1. The molecule has 5 nitrogen and oxygen atoms in total. The molecule has 2 aromatic carbocycles. The Hall–Kier alpha value is -3.45. The van der Waals surface area contributed by atoms with E-state index < -0.39 is 29.3 Å². The predicted molar refractivity (Wildman–Crippen MR) is 104 cm³/mol. The molecule has 1 aliphatic heterocycles. The van der Waals surface area contributed by atoms with Gasteiger partial charge in [-0.3, -0.25) is 14.5 Å². The molecule has 0 radical (unpaired) electrons. The summed E-state index contributed by atoms with van der Waals surface area (Å²) in [7, 11) is 0. The molecule has 7 heteroatoms. The van der Waals surface area contributed by atoms with E-state index in [4.69, 9.17) is 0 Å². The number of amides is 1. The number of hydrogen-bond acceptors (Lipinski definition) is 5. The number of phenolic OH excluding ortho intramolecular Hbond substituents is 1. The summed E-state index contributed by atoms with van der Waals surface area (Å²) in [6.07, 6.45) is 0. The van der Waals surface area contributed by atoms with E-state index in [1.807, 2.05) is 0 Å². The van der Waals surface area contributed by atoms with Gasteiger partial charge in [0.25, 0.3) is 11.7 Å². The molecule has 1 fully saturated rings. The van der Waals surface area contributed by atoms with Crippen LogP contribution in [0.15, 0.2) is 71.6 Å². The van der Waals surface area contributed by atoms with E-state index in [0.29, 0.717) is 4.88 Å². The maximum Gasteiger partial charge on any atom is 0.300 e. The summed E-state index contributed by atoms with van der Waals surface area (Å²) in [6.45, 7) is 0. The lowest BCUT2D eigenvalue weighted by atomic mass is 9.99. The van der Waals surface area contributed by atoms with E-state index in [9.17, 15) is 24.2 Å². The monoisotopic (exact) mass is 395 g/mol. The zero-order valence-electron chi connectivity index (χ0n) is 14.4. The fourth-order valence-electron chi connectivity index (χ4n) is 3.23. The number of phenols is 1. The third kappa shape index (κ3) is 2.86. The van der Waals surface area contributed by atoms with E-state index >= 15 is 0 Å². The maximum atomic E-state index is 13.2. The molecule has 28 heavy (non-hydrogen) atoms. The third-order valence-corrected chi connectivity index (χ3v) is 5.44. The van der Waals surface area contributed by atoms with Crippen LogP contribution in [0.3, 0.4) is 0 Å². The van der Waals surface area contributed by atoms with Crippen molar-refractivity contribution < 1.29 is 24.2 Å². The molecule has 2 heterocycles. The summed E-state index contributed by atoms with van der Waals surface area (Å²) in [4.78, 5) is 27.5. The summed E-state index contributed by atoms with van der Waals surface area (Å²) < 4.78 is 13.2. The molecule has 0 saturated carbocycles. The largest absolute Gasteiger partial charge is 0.507 e. The van der Waals surface area contributed by atoms with Crippen molar-refractivity contribution in [2.75, 3.05) is 4.90 Å². The van der Waals surface area contributed by atoms with Crippen LogP contribution in [0.2, 0.25) is 0 Å². The number of aliphatic hydroxyl groups excluding tert-OH is 1. The zero-order valence-corrected chi connectivity index (χ0v) is 15.2. The lowest BCUT2D eigenvalue weighted by molar-refractivity contribution is -0.132. The molecule has 0 aliphatic carbocycles. The minimum atomic E-state index is -0.904. The number of ketones is 1. The van der Waals surface area contributed by atoms with Gasteiger partial charge in [0.05, 0.1) is 11.3 Å². The molecule has 4 rings (SSSR count). The van der Waals surface area contributed by atoms with Crippen molar-refractivity contribution in [1.29, 1.82) is 0 Å². The van der Waals surface area contributed by atoms with Gasteiger partial charge in [-0.05, 0) is 47.8 Å². The molecule has 0 spiro atoms. The summed E-state index contributed by atoms with van der Waals surface area (Å²) in [5.41, 5.74) is 0.279. The van der Waals surface area contributed by atoms with Crippen LogP contribution in [0.25, 0.3) is 5.76 Å². The average molecular weight is 395 g/mol. The number of aliphatic hydroxyl groups is 1. The summed E-state index contributed by atoms with van der Waals surface area (Å²) in [5, 5.41) is 22.8. The minimum absolute atomic E-state index is 0.109. The second-order valence-electron chi connectivity index (χ2n) is 6.18. The van der Waals surface area contributed by atoms with Crippen LogP contribution in [-0.4, -0.2) is 21.9 Å². The van der Waals surface area contributed by atoms with Crippen LogP contribution < -0.4 is 4.90 Å². The first-order valence-electron chi connectivity index (χ1n) is 8.37. The second kappa shape index (κ2) is 6.94. The van der Waals surface area contributed by atoms with Crippen molar-refractivity contribution in [1.82, 2.24) is 0 Å². The number of rotatable bonds is 3. The smallest absolute Gasteiger partial charge is 0.300 e. The van der Waals surface area contributed by atoms with Gasteiger partial charge in [-0.1, -0.05) is 18.2 Å². The molecule has 1 aliphatic rings. The van der Waals surface area contributed by atoms with Crippen LogP contribution in [0.1, 0.15) is 16.5 Å². The van der Waals surface area contributed by atoms with Gasteiger partial charge >= 0.3 is 0 Å². The average Bonchev–Trinajstić information content (AvgIpc) is 3.30. The molecule has 0 bridgehead atoms. The summed E-state index contributed by atoms with van der Waals surface area (Å²) >= 11 is 1.31. The van der Waals surface area contributed by atoms with Gasteiger partial charge in [0.2, 0.25) is 0 Å². The van der Waals surface area contributed by atoms with E-state index in [2.05, 4.69) is 0 Å². The molecular formula is C21H14FNO4S. The highest BCUT2D eigenvalue weighted by molar-refractivity contribution is 7.10. The van der Waals surface area contributed by atoms with Crippen LogP contribution in [0.5, 0.6) is 5.75 Å². The number of anilines is 1. The van der Waals surface area contributed by atoms with Crippen LogP contribution in [0.4, 0.5) is 10.1 Å². The number of thiophene rings is 1. The molecule has 2 N–H and O–H groups in total. The van der Waals surface area contributed by atoms with Crippen molar-refractivity contribution in [2.24, 2.45) is 0 Å². The summed E-state index contributed by atoms with van der Waals surface area (Å²) in [6, 6.07) is 13.8. The van der Waals surface area contributed by atoms with E-state index in [-0.39, 0.29) is 22.6 Å². The van der Waals surface area contributed by atoms with Gasteiger partial charge in [0.1, 0.15) is 23.4 Å². The van der Waals surface area contributed by atoms with Crippen molar-refractivity contribution >= 4 is 34.5 Å². The number of para-hydroxylation sites is 2. The number of halogens is 1. The molecule has 1 saturated heterocycles. The Balaban J connectivity index is 1.94. The second-order valence-corrected chi connectivity index (χ2v) is 7.16. The predicted octanol–water partition coefficient (Wildman–Crippen LogP) is 4.22. The first-order valence-corrected chi connectivity index (χ1v) is 9.25. The number of Topliss-reactive ketones (excluding diaryl/α,β-unsaturated/α-hetero) is 1. The number of hydrogen-bond donors (Lipinski definition) is 2. The van der Waals surface area contributed by atoms with Gasteiger partial charge in [-0.15, -0.1) is 11.3 Å². The van der Waals surface area contributed by atoms with Crippen molar-refractivity contribution in [3.8, 4) is 5.75 Å². The van der Waals surface area contributed by atoms with E-state index in [1.165, 1.54) is 40.5 Å². The number of benzene rings is 2. The molecule has 1 unspecified atom stereocenters. The number of carbonyl (C=O) groups excluding carboxylic acids is 2. The van der Waals surface area contributed by atoms with Gasteiger partial charge < -0.3 is 10.2 Å². The molecule has 1 atom stereocenters. The lowest BCUT2D eigenvalue weighted by Crippen LogP contribution is -2.29. The number of carbonyl (C=O) groups is 2. The molecule has 1 aromatic heterocycles. The first kappa shape index (κ1) is 17.9. The van der Waals surface area contributed by atoms with Crippen LogP contribution in [-0.2, 0) is 9.59 Å². The fourth-order valence-corrected chi connectivity index (χ4v) is 4.05. The highest BCUT2D eigenvalue weighted by Crippen LogP contribution is 2.45. The Bertz CT molecular complexity index is 1090. The fraction of sp³-hybridized carbons (Fsp3) is 0.0476. The minimum Gasteiger partial charge on any atom is -0.507 e. The molecule has 140 valence electrons. The quantitative estimate of drug-likeness (QED) is 0.395. The topological polar surface area (TPSA) is 77.8 Å². The Morgan fingerprint density at radius 2 is 1.71 bits per heavy atom. The van der Waals surface area contributed by atoms with Gasteiger partial charge in [-0.2, -0.15) is 0 Å². The van der Waals surface area contributed by atoms with Gasteiger partial charge in [0, 0.05) is 10.4 Å². The van der Waals surface area contributed by atoms with Crippen molar-refractivity contribution in [2.45, 2.75) is 6.04 Å². The Morgan fingerprint density at radius 1 is 1.00 bits per heavy atom. The Morgan fingerprint density at radius 3 is 2.36 bits per heavy atom. The lowest BCUT2D eigenvalue weighted by Gasteiger charge is -2.24. The van der Waals surface area contributed by atoms with Crippen LogP contribution in [0, 0.1) is 5.82 Å². The Labute approximate surface area is 163 Å². The van der Waals surface area contributed by atoms with Gasteiger partial charge in [-0.25, -0.2) is 4.39 Å². The van der Waals surface area contributed by atoms with Crippen LogP contribution >= 0.6 is 11.3 Å². The highest BCUT2D eigenvalue weighted by atomic mass is 32.1. The van der Waals surface area contributed by atoms with E-state index in [1.54, 1.807) is 29.6 Å². The summed E-state index contributed by atoms with van der Waals surface area (Å²) in [5.74, 6) is -2.77. The van der Waals surface area contributed by atoms with Gasteiger partial charge in [0.15, 0.2) is 0 Å². The molecule has 1 amide bonds. The molecular weight excluding hydrogens is 381 g/mol. The normalized spacial score (nSPS) is 18.6. The first-order chi connectivity index (χ1) is 13.5.